The Labute approximate surface area is 132 Å². The maximum Gasteiger partial charge on any atom is 0.0575 e. The van der Waals surface area contributed by atoms with E-state index in [1.807, 2.05) is 0 Å². The van der Waals surface area contributed by atoms with Gasteiger partial charge in [-0.2, -0.15) is 0 Å². The van der Waals surface area contributed by atoms with Crippen molar-refractivity contribution in [2.45, 2.75) is 102 Å². The highest BCUT2D eigenvalue weighted by Crippen LogP contribution is 2.40. The topological polar surface area (TPSA) is 9.23 Å². The normalized spacial score (nSPS) is 27.3. The Morgan fingerprint density at radius 3 is 1.48 bits per heavy atom. The van der Waals surface area contributed by atoms with Crippen LogP contribution in [0.4, 0.5) is 0 Å². The third kappa shape index (κ3) is 4.71. The molecule has 3 rings (SSSR count). The van der Waals surface area contributed by atoms with Gasteiger partial charge in [0, 0.05) is 0 Å². The molecule has 0 bridgehead atoms. The summed E-state index contributed by atoms with van der Waals surface area (Å²) in [4.78, 5) is 0. The fourth-order valence-electron chi connectivity index (χ4n) is 5.26. The predicted octanol–water partition coefficient (Wildman–Crippen LogP) is 6.11. The van der Waals surface area contributed by atoms with Gasteiger partial charge in [-0.05, 0) is 30.6 Å². The lowest BCUT2D eigenvalue weighted by Crippen LogP contribution is -2.33. The molecule has 0 heterocycles. The first kappa shape index (κ1) is 15.8. The fraction of sp³-hybridized carbons (Fsp3) is 1.00. The van der Waals surface area contributed by atoms with E-state index < -0.39 is 0 Å². The van der Waals surface area contributed by atoms with Crippen LogP contribution in [0.5, 0.6) is 0 Å². The summed E-state index contributed by atoms with van der Waals surface area (Å²) in [5.41, 5.74) is 0. The minimum Gasteiger partial charge on any atom is -0.378 e. The molecule has 1 nitrogen and oxygen atoms in total. The van der Waals surface area contributed by atoms with Gasteiger partial charge in [0.25, 0.3) is 0 Å². The molecule has 3 saturated carbocycles. The molecular weight excluding hydrogens is 256 g/mol. The van der Waals surface area contributed by atoms with Gasteiger partial charge in [-0.25, -0.2) is 0 Å². The Kier molecular flexibility index (Phi) is 6.45. The van der Waals surface area contributed by atoms with Crippen molar-refractivity contribution in [3.05, 3.63) is 0 Å². The van der Waals surface area contributed by atoms with Crippen molar-refractivity contribution < 1.29 is 4.74 Å². The molecule has 0 aromatic rings. The van der Waals surface area contributed by atoms with Crippen molar-refractivity contribution in [1.29, 1.82) is 0 Å². The zero-order valence-electron chi connectivity index (χ0n) is 14.0. The summed E-state index contributed by atoms with van der Waals surface area (Å²) >= 11 is 0. The van der Waals surface area contributed by atoms with E-state index in [1.165, 1.54) is 96.3 Å². The Balaban J connectivity index is 1.54. The molecule has 0 radical (unpaired) electrons. The van der Waals surface area contributed by atoms with Gasteiger partial charge >= 0.3 is 0 Å². The SMILES string of the molecule is C1CCC(OCC(C2CCCCC2)C2CCCCC2)CC1. The van der Waals surface area contributed by atoms with Crippen LogP contribution < -0.4 is 0 Å². The summed E-state index contributed by atoms with van der Waals surface area (Å²) in [6.45, 7) is 1.10. The molecule has 0 unspecified atom stereocenters. The second-order valence-electron chi connectivity index (χ2n) is 8.05. The second-order valence-corrected chi connectivity index (χ2v) is 8.05. The van der Waals surface area contributed by atoms with E-state index in [4.69, 9.17) is 4.74 Å². The standard InChI is InChI=1S/C20H36O/c1-4-10-17(11-5-1)20(18-12-6-2-7-13-18)16-21-19-14-8-3-9-15-19/h17-20H,1-16H2. The summed E-state index contributed by atoms with van der Waals surface area (Å²) in [7, 11) is 0. The molecule has 3 aliphatic carbocycles. The molecule has 1 heteroatoms. The van der Waals surface area contributed by atoms with E-state index in [1.54, 1.807) is 0 Å². The minimum absolute atomic E-state index is 0.605. The summed E-state index contributed by atoms with van der Waals surface area (Å²) in [5.74, 6) is 2.88. The van der Waals surface area contributed by atoms with Crippen LogP contribution in [0.3, 0.4) is 0 Å². The van der Waals surface area contributed by atoms with Crippen LogP contribution >= 0.6 is 0 Å². The Morgan fingerprint density at radius 2 is 1.00 bits per heavy atom. The van der Waals surface area contributed by atoms with E-state index in [0.717, 1.165) is 24.4 Å². The van der Waals surface area contributed by atoms with Crippen LogP contribution in [0, 0.1) is 17.8 Å². The van der Waals surface area contributed by atoms with Crippen molar-refractivity contribution in [2.24, 2.45) is 17.8 Å². The first-order valence-electron chi connectivity index (χ1n) is 10.0. The number of ether oxygens (including phenoxy) is 1. The Bertz CT molecular complexity index is 252. The van der Waals surface area contributed by atoms with Crippen LogP contribution in [0.1, 0.15) is 96.3 Å². The minimum atomic E-state index is 0.605. The molecule has 0 aliphatic heterocycles. The van der Waals surface area contributed by atoms with Gasteiger partial charge in [-0.3, -0.25) is 0 Å². The largest absolute Gasteiger partial charge is 0.378 e. The lowest BCUT2D eigenvalue weighted by Gasteiger charge is -2.38. The molecule has 0 aromatic carbocycles. The van der Waals surface area contributed by atoms with Gasteiger partial charge < -0.3 is 4.74 Å². The predicted molar refractivity (Wildman–Crippen MR) is 89.5 cm³/mol. The highest BCUT2D eigenvalue weighted by atomic mass is 16.5. The first-order valence-corrected chi connectivity index (χ1v) is 10.0. The fourth-order valence-corrected chi connectivity index (χ4v) is 5.26. The zero-order valence-corrected chi connectivity index (χ0v) is 14.0. The van der Waals surface area contributed by atoms with Crippen LogP contribution in [-0.2, 0) is 4.74 Å². The summed E-state index contributed by atoms with van der Waals surface area (Å²) < 4.78 is 6.45. The smallest absolute Gasteiger partial charge is 0.0575 e. The summed E-state index contributed by atoms with van der Waals surface area (Å²) in [5, 5.41) is 0. The lowest BCUT2D eigenvalue weighted by atomic mass is 9.70. The van der Waals surface area contributed by atoms with Crippen LogP contribution in [-0.4, -0.2) is 12.7 Å². The lowest BCUT2D eigenvalue weighted by molar-refractivity contribution is -0.0285. The van der Waals surface area contributed by atoms with Crippen molar-refractivity contribution >= 4 is 0 Å². The van der Waals surface area contributed by atoms with Gasteiger partial charge in [0.15, 0.2) is 0 Å². The van der Waals surface area contributed by atoms with Gasteiger partial charge in [0.2, 0.25) is 0 Å². The third-order valence-corrected chi connectivity index (χ3v) is 6.59. The molecular formula is C20H36O. The van der Waals surface area contributed by atoms with E-state index in [9.17, 15) is 0 Å². The molecule has 0 spiro atoms. The summed E-state index contributed by atoms with van der Waals surface area (Å²) in [6.07, 6.45) is 22.4. The quantitative estimate of drug-likeness (QED) is 0.593. The van der Waals surface area contributed by atoms with Crippen molar-refractivity contribution in [3.63, 3.8) is 0 Å². The van der Waals surface area contributed by atoms with E-state index in [0.29, 0.717) is 6.10 Å². The number of hydrogen-bond donors (Lipinski definition) is 0. The first-order chi connectivity index (χ1) is 10.4. The summed E-state index contributed by atoms with van der Waals surface area (Å²) in [6, 6.07) is 0. The van der Waals surface area contributed by atoms with Crippen LogP contribution in [0.25, 0.3) is 0 Å². The molecule has 0 saturated heterocycles. The highest BCUT2D eigenvalue weighted by Gasteiger charge is 2.32. The Hall–Kier alpha value is -0.0400. The molecule has 0 atom stereocenters. The van der Waals surface area contributed by atoms with E-state index in [2.05, 4.69) is 0 Å². The number of hydrogen-bond acceptors (Lipinski definition) is 1. The third-order valence-electron chi connectivity index (χ3n) is 6.59. The van der Waals surface area contributed by atoms with Crippen molar-refractivity contribution in [1.82, 2.24) is 0 Å². The van der Waals surface area contributed by atoms with Crippen LogP contribution in [0.15, 0.2) is 0 Å². The maximum absolute atomic E-state index is 6.45. The maximum atomic E-state index is 6.45. The van der Waals surface area contributed by atoms with Crippen molar-refractivity contribution in [2.75, 3.05) is 6.61 Å². The van der Waals surface area contributed by atoms with E-state index >= 15 is 0 Å². The van der Waals surface area contributed by atoms with Crippen LogP contribution in [0.2, 0.25) is 0 Å². The second kappa shape index (κ2) is 8.56. The molecule has 0 N–H and O–H groups in total. The highest BCUT2D eigenvalue weighted by molar-refractivity contribution is 4.82. The zero-order chi connectivity index (χ0) is 14.3. The van der Waals surface area contributed by atoms with Gasteiger partial charge in [-0.1, -0.05) is 83.5 Å². The number of rotatable bonds is 5. The van der Waals surface area contributed by atoms with Crippen molar-refractivity contribution in [3.8, 4) is 0 Å². The van der Waals surface area contributed by atoms with Gasteiger partial charge in [0.1, 0.15) is 0 Å². The molecule has 3 fully saturated rings. The van der Waals surface area contributed by atoms with Gasteiger partial charge in [-0.15, -0.1) is 0 Å². The monoisotopic (exact) mass is 292 g/mol. The molecule has 0 amide bonds. The van der Waals surface area contributed by atoms with E-state index in [-0.39, 0.29) is 0 Å². The molecule has 122 valence electrons. The Morgan fingerprint density at radius 1 is 0.571 bits per heavy atom. The molecule has 0 aromatic heterocycles. The van der Waals surface area contributed by atoms with Gasteiger partial charge in [0.05, 0.1) is 12.7 Å². The molecule has 21 heavy (non-hydrogen) atoms. The average molecular weight is 293 g/mol. The average Bonchev–Trinajstić information content (AvgIpc) is 2.58. The molecule has 3 aliphatic rings.